The van der Waals surface area contributed by atoms with Gasteiger partial charge in [-0.15, -0.1) is 11.8 Å². The van der Waals surface area contributed by atoms with Crippen LogP contribution in [0.3, 0.4) is 0 Å². The van der Waals surface area contributed by atoms with Gasteiger partial charge in [-0.25, -0.2) is 12.8 Å². The number of thioether (sulfide) groups is 1. The number of benzene rings is 2. The quantitative estimate of drug-likeness (QED) is 0.722. The van der Waals surface area contributed by atoms with Crippen LogP contribution in [-0.4, -0.2) is 50.7 Å². The molecule has 1 amide bonds. The summed E-state index contributed by atoms with van der Waals surface area (Å²) in [6.07, 6.45) is 0. The molecule has 0 atom stereocenters. The van der Waals surface area contributed by atoms with Crippen LogP contribution in [0, 0.1) is 12.7 Å². The molecule has 1 heterocycles. The van der Waals surface area contributed by atoms with Crippen LogP contribution in [0.1, 0.15) is 5.56 Å². The van der Waals surface area contributed by atoms with Gasteiger partial charge in [-0.05, 0) is 36.8 Å². The molecule has 1 saturated heterocycles. The summed E-state index contributed by atoms with van der Waals surface area (Å²) in [6.45, 7) is 3.05. The predicted molar refractivity (Wildman–Crippen MR) is 107 cm³/mol. The minimum Gasteiger partial charge on any atom is -0.379 e. The zero-order chi connectivity index (χ0) is 20.1. The van der Waals surface area contributed by atoms with Gasteiger partial charge in [-0.1, -0.05) is 18.2 Å². The topological polar surface area (TPSA) is 75.7 Å². The lowest BCUT2D eigenvalue weighted by atomic mass is 10.2. The number of halogens is 1. The number of sulfonamides is 1. The maximum absolute atomic E-state index is 13.6. The molecule has 2 aromatic rings. The van der Waals surface area contributed by atoms with Crippen LogP contribution in [0.4, 0.5) is 10.1 Å². The van der Waals surface area contributed by atoms with E-state index in [1.54, 1.807) is 37.3 Å². The maximum Gasteiger partial charge on any atom is 0.243 e. The Kier molecular flexibility index (Phi) is 6.71. The Balaban J connectivity index is 1.70. The van der Waals surface area contributed by atoms with E-state index in [1.807, 2.05) is 0 Å². The Morgan fingerprint density at radius 1 is 1.21 bits per heavy atom. The van der Waals surface area contributed by atoms with Crippen molar-refractivity contribution in [2.75, 3.05) is 37.4 Å². The molecule has 150 valence electrons. The van der Waals surface area contributed by atoms with Crippen molar-refractivity contribution >= 4 is 33.4 Å². The average molecular weight is 425 g/mol. The lowest BCUT2D eigenvalue weighted by Gasteiger charge is -2.26. The fourth-order valence-corrected chi connectivity index (χ4v) is 5.18. The Bertz CT molecular complexity index is 960. The number of morpholine rings is 1. The molecule has 28 heavy (non-hydrogen) atoms. The summed E-state index contributed by atoms with van der Waals surface area (Å²) < 4.78 is 46.1. The number of carbonyl (C=O) groups excluding carboxylic acids is 1. The van der Waals surface area contributed by atoms with Gasteiger partial charge in [0.2, 0.25) is 15.9 Å². The van der Waals surface area contributed by atoms with Crippen LogP contribution in [0.5, 0.6) is 0 Å². The van der Waals surface area contributed by atoms with Gasteiger partial charge in [0.05, 0.1) is 23.9 Å². The van der Waals surface area contributed by atoms with E-state index in [2.05, 4.69) is 5.32 Å². The molecule has 0 radical (unpaired) electrons. The fraction of sp³-hybridized carbons (Fsp3) is 0.316. The highest BCUT2D eigenvalue weighted by Gasteiger charge is 2.28. The second-order valence-corrected chi connectivity index (χ2v) is 9.19. The van der Waals surface area contributed by atoms with Crippen molar-refractivity contribution in [3.63, 3.8) is 0 Å². The molecule has 1 aliphatic rings. The van der Waals surface area contributed by atoms with E-state index < -0.39 is 10.0 Å². The summed E-state index contributed by atoms with van der Waals surface area (Å²) in [4.78, 5) is 12.8. The molecule has 1 fully saturated rings. The van der Waals surface area contributed by atoms with Gasteiger partial charge in [0.1, 0.15) is 5.82 Å². The molecule has 3 rings (SSSR count). The van der Waals surface area contributed by atoms with E-state index in [0.29, 0.717) is 42.4 Å². The first-order valence-corrected chi connectivity index (χ1v) is 11.2. The normalized spacial score (nSPS) is 15.4. The number of anilines is 1. The Labute approximate surface area is 168 Å². The predicted octanol–water partition coefficient (Wildman–Crippen LogP) is 2.89. The van der Waals surface area contributed by atoms with Crippen LogP contribution >= 0.6 is 11.8 Å². The van der Waals surface area contributed by atoms with Gasteiger partial charge in [0, 0.05) is 23.7 Å². The molecule has 0 unspecified atom stereocenters. The number of hydrogen-bond acceptors (Lipinski definition) is 5. The van der Waals surface area contributed by atoms with Crippen molar-refractivity contribution in [1.29, 1.82) is 0 Å². The smallest absolute Gasteiger partial charge is 0.243 e. The largest absolute Gasteiger partial charge is 0.379 e. The van der Waals surface area contributed by atoms with E-state index in [-0.39, 0.29) is 22.4 Å². The van der Waals surface area contributed by atoms with E-state index >= 15 is 0 Å². The number of carbonyl (C=O) groups is 1. The van der Waals surface area contributed by atoms with Gasteiger partial charge in [-0.3, -0.25) is 4.79 Å². The number of ether oxygens (including phenoxy) is 1. The van der Waals surface area contributed by atoms with Crippen molar-refractivity contribution in [1.82, 2.24) is 4.31 Å². The number of aryl methyl sites for hydroxylation is 1. The summed E-state index contributed by atoms with van der Waals surface area (Å²) >= 11 is 1.08. The van der Waals surface area contributed by atoms with E-state index in [4.69, 9.17) is 4.74 Å². The van der Waals surface area contributed by atoms with Crippen molar-refractivity contribution in [2.24, 2.45) is 0 Å². The van der Waals surface area contributed by atoms with Gasteiger partial charge in [-0.2, -0.15) is 4.31 Å². The summed E-state index contributed by atoms with van der Waals surface area (Å²) in [7, 11) is -3.66. The molecule has 9 heteroatoms. The minimum atomic E-state index is -3.66. The monoisotopic (exact) mass is 424 g/mol. The highest BCUT2D eigenvalue weighted by atomic mass is 32.2. The second-order valence-electron chi connectivity index (χ2n) is 6.26. The summed E-state index contributed by atoms with van der Waals surface area (Å²) in [5.41, 5.74) is 0.988. The van der Waals surface area contributed by atoms with E-state index in [1.165, 1.54) is 16.4 Å². The molecule has 1 aliphatic heterocycles. The Morgan fingerprint density at radius 2 is 1.93 bits per heavy atom. The molecule has 0 bridgehead atoms. The van der Waals surface area contributed by atoms with E-state index in [0.717, 1.165) is 11.8 Å². The van der Waals surface area contributed by atoms with Crippen molar-refractivity contribution < 1.29 is 22.3 Å². The molecular formula is C19H21FN2O4S2. The summed E-state index contributed by atoms with van der Waals surface area (Å²) in [5, 5.41) is 2.68. The third-order valence-corrected chi connectivity index (χ3v) is 7.34. The molecule has 0 aliphatic carbocycles. The van der Waals surface area contributed by atoms with Crippen molar-refractivity contribution in [3.8, 4) is 0 Å². The highest BCUT2D eigenvalue weighted by Crippen LogP contribution is 2.25. The van der Waals surface area contributed by atoms with Crippen molar-refractivity contribution in [3.05, 3.63) is 53.8 Å². The third-order valence-electron chi connectivity index (χ3n) is 4.26. The van der Waals surface area contributed by atoms with Gasteiger partial charge in [0.25, 0.3) is 0 Å². The van der Waals surface area contributed by atoms with Gasteiger partial charge in [0.15, 0.2) is 0 Å². The highest BCUT2D eigenvalue weighted by molar-refractivity contribution is 8.00. The number of amides is 1. The minimum absolute atomic E-state index is 0.0142. The number of nitrogens with zero attached hydrogens (tertiary/aromatic N) is 1. The van der Waals surface area contributed by atoms with Crippen LogP contribution in [0.15, 0.2) is 52.3 Å². The first kappa shape index (κ1) is 20.8. The first-order valence-electron chi connectivity index (χ1n) is 8.73. The Hall–Kier alpha value is -1.94. The summed E-state index contributed by atoms with van der Waals surface area (Å²) in [5.74, 6) is -0.707. The fourth-order valence-electron chi connectivity index (χ4n) is 2.78. The average Bonchev–Trinajstić information content (AvgIpc) is 2.69. The molecule has 0 aromatic heterocycles. The van der Waals surface area contributed by atoms with Gasteiger partial charge >= 0.3 is 0 Å². The molecular weight excluding hydrogens is 403 g/mol. The lowest BCUT2D eigenvalue weighted by molar-refractivity contribution is -0.113. The standard InChI is InChI=1S/C19H21FN2O4S2/c1-14-6-7-15(12-18(14)28(24,25)22-8-10-26-11-9-22)21-19(23)13-27-17-5-3-2-4-16(17)20/h2-7,12H,8-11,13H2,1H3,(H,21,23). The molecule has 0 spiro atoms. The lowest BCUT2D eigenvalue weighted by Crippen LogP contribution is -2.40. The van der Waals surface area contributed by atoms with Crippen molar-refractivity contribution in [2.45, 2.75) is 16.7 Å². The number of rotatable bonds is 6. The van der Waals surface area contributed by atoms with E-state index in [9.17, 15) is 17.6 Å². The zero-order valence-corrected chi connectivity index (χ0v) is 17.0. The first-order chi connectivity index (χ1) is 13.4. The Morgan fingerprint density at radius 3 is 2.64 bits per heavy atom. The number of nitrogens with one attached hydrogen (secondary N) is 1. The van der Waals surface area contributed by atoms with Gasteiger partial charge < -0.3 is 10.1 Å². The maximum atomic E-state index is 13.6. The van der Waals surface area contributed by atoms with Crippen LogP contribution in [0.25, 0.3) is 0 Å². The summed E-state index contributed by atoms with van der Waals surface area (Å²) in [6, 6.07) is 11.0. The number of hydrogen-bond donors (Lipinski definition) is 1. The third kappa shape index (κ3) is 4.91. The van der Waals surface area contributed by atoms with Crippen LogP contribution in [-0.2, 0) is 19.6 Å². The zero-order valence-electron chi connectivity index (χ0n) is 15.4. The molecule has 0 saturated carbocycles. The SMILES string of the molecule is Cc1ccc(NC(=O)CSc2ccccc2F)cc1S(=O)(=O)N1CCOCC1. The molecule has 2 aromatic carbocycles. The van der Waals surface area contributed by atoms with Crippen LogP contribution in [0.2, 0.25) is 0 Å². The molecule has 1 N–H and O–H groups in total. The molecule has 6 nitrogen and oxygen atoms in total. The second kappa shape index (κ2) is 9.04. The van der Waals surface area contributed by atoms with Crippen LogP contribution < -0.4 is 5.32 Å².